The lowest BCUT2D eigenvalue weighted by Crippen LogP contribution is -2.24. The van der Waals surface area contributed by atoms with Gasteiger partial charge in [-0.25, -0.2) is 0 Å². The summed E-state index contributed by atoms with van der Waals surface area (Å²) in [5, 5.41) is 5.42. The summed E-state index contributed by atoms with van der Waals surface area (Å²) in [7, 11) is 2.04. The maximum Gasteiger partial charge on any atom is 0.0339 e. The normalized spacial score (nSPS) is 22.4. The number of thiophene rings is 1. The van der Waals surface area contributed by atoms with Crippen molar-refractivity contribution in [2.45, 2.75) is 13.0 Å². The van der Waals surface area contributed by atoms with Gasteiger partial charge in [0, 0.05) is 22.4 Å². The van der Waals surface area contributed by atoms with E-state index in [0.29, 0.717) is 0 Å². The molecule has 0 aliphatic carbocycles. The molecule has 1 aromatic rings. The quantitative estimate of drug-likeness (QED) is 0.916. The molecule has 84 valence electrons. The third kappa shape index (κ3) is 3.03. The Morgan fingerprint density at radius 1 is 1.67 bits per heavy atom. The second-order valence-electron chi connectivity index (χ2n) is 4.14. The zero-order chi connectivity index (χ0) is 10.7. The maximum absolute atomic E-state index is 3.59. The van der Waals surface area contributed by atoms with Gasteiger partial charge in [0.2, 0.25) is 0 Å². The van der Waals surface area contributed by atoms with Crippen LogP contribution in [0.2, 0.25) is 0 Å². The molecule has 0 amide bonds. The second-order valence-corrected chi connectivity index (χ2v) is 5.99. The molecule has 1 N–H and O–H groups in total. The molecule has 2 heterocycles. The minimum atomic E-state index is 0.841. The Bertz CT molecular complexity index is 313. The minimum Gasteiger partial charge on any atom is -0.319 e. The molecule has 1 saturated heterocycles. The molecule has 15 heavy (non-hydrogen) atoms. The summed E-state index contributed by atoms with van der Waals surface area (Å²) < 4.78 is 1.27. The van der Waals surface area contributed by atoms with Gasteiger partial charge in [0.25, 0.3) is 0 Å². The van der Waals surface area contributed by atoms with Crippen LogP contribution in [0, 0.1) is 5.92 Å². The van der Waals surface area contributed by atoms with Crippen LogP contribution in [0.15, 0.2) is 15.9 Å². The molecule has 2 rings (SSSR count). The van der Waals surface area contributed by atoms with Gasteiger partial charge in [-0.1, -0.05) is 0 Å². The van der Waals surface area contributed by atoms with Crippen molar-refractivity contribution in [2.24, 2.45) is 5.92 Å². The molecule has 0 aromatic carbocycles. The fraction of sp³-hybridized carbons (Fsp3) is 0.636. The summed E-state index contributed by atoms with van der Waals surface area (Å²) in [6, 6.07) is 2.14. The Morgan fingerprint density at radius 2 is 2.53 bits per heavy atom. The Hall–Kier alpha value is 0.100. The van der Waals surface area contributed by atoms with E-state index < -0.39 is 0 Å². The van der Waals surface area contributed by atoms with E-state index in [1.54, 1.807) is 0 Å². The molecule has 0 spiro atoms. The smallest absolute Gasteiger partial charge is 0.0339 e. The van der Waals surface area contributed by atoms with Gasteiger partial charge in [-0.05, 0) is 59.9 Å². The molecular formula is C11H17BrN2S. The van der Waals surface area contributed by atoms with Crippen LogP contribution in [-0.4, -0.2) is 31.6 Å². The number of halogens is 1. The van der Waals surface area contributed by atoms with Crippen molar-refractivity contribution < 1.29 is 0 Å². The van der Waals surface area contributed by atoms with Crippen molar-refractivity contribution in [1.29, 1.82) is 0 Å². The Kier molecular flexibility index (Phi) is 4.20. The van der Waals surface area contributed by atoms with Crippen LogP contribution in [-0.2, 0) is 6.54 Å². The molecule has 2 nitrogen and oxygen atoms in total. The molecule has 0 radical (unpaired) electrons. The minimum absolute atomic E-state index is 0.841. The first-order valence-corrected chi connectivity index (χ1v) is 7.05. The first-order chi connectivity index (χ1) is 7.29. The highest BCUT2D eigenvalue weighted by molar-refractivity contribution is 9.10. The van der Waals surface area contributed by atoms with E-state index in [9.17, 15) is 0 Å². The van der Waals surface area contributed by atoms with Gasteiger partial charge in [-0.2, -0.15) is 0 Å². The average Bonchev–Trinajstić information content (AvgIpc) is 2.79. The fourth-order valence-corrected chi connectivity index (χ4v) is 3.67. The standard InChI is InChI=1S/C11H17BrN2S/c1-13-6-9-2-4-14(7-9)8-11-10(12)3-5-15-11/h3,5,9,13H,2,4,6-8H2,1H3. The molecule has 0 bridgehead atoms. The molecule has 1 fully saturated rings. The van der Waals surface area contributed by atoms with Gasteiger partial charge < -0.3 is 5.32 Å². The lowest BCUT2D eigenvalue weighted by atomic mass is 10.1. The highest BCUT2D eigenvalue weighted by Gasteiger charge is 2.22. The number of nitrogens with zero attached hydrogens (tertiary/aromatic N) is 1. The van der Waals surface area contributed by atoms with Crippen LogP contribution in [0.1, 0.15) is 11.3 Å². The summed E-state index contributed by atoms with van der Waals surface area (Å²) in [5.41, 5.74) is 0. The summed E-state index contributed by atoms with van der Waals surface area (Å²) >= 11 is 5.44. The van der Waals surface area contributed by atoms with E-state index in [4.69, 9.17) is 0 Å². The van der Waals surface area contributed by atoms with Crippen LogP contribution in [0.3, 0.4) is 0 Å². The predicted molar refractivity (Wildman–Crippen MR) is 69.3 cm³/mol. The highest BCUT2D eigenvalue weighted by Crippen LogP contribution is 2.26. The molecular weight excluding hydrogens is 272 g/mol. The third-order valence-electron chi connectivity index (χ3n) is 2.92. The van der Waals surface area contributed by atoms with Crippen LogP contribution in [0.5, 0.6) is 0 Å². The van der Waals surface area contributed by atoms with E-state index in [-0.39, 0.29) is 0 Å². The Balaban J connectivity index is 1.85. The van der Waals surface area contributed by atoms with E-state index >= 15 is 0 Å². The Labute approximate surface area is 104 Å². The largest absolute Gasteiger partial charge is 0.319 e. The zero-order valence-corrected chi connectivity index (χ0v) is 11.4. The maximum atomic E-state index is 3.59. The summed E-state index contributed by atoms with van der Waals surface area (Å²) in [6.45, 7) is 4.75. The Morgan fingerprint density at radius 3 is 3.20 bits per heavy atom. The van der Waals surface area contributed by atoms with Crippen molar-refractivity contribution >= 4 is 27.3 Å². The van der Waals surface area contributed by atoms with E-state index in [0.717, 1.165) is 19.0 Å². The monoisotopic (exact) mass is 288 g/mol. The lowest BCUT2D eigenvalue weighted by Gasteiger charge is -2.15. The number of hydrogen-bond donors (Lipinski definition) is 1. The molecule has 1 atom stereocenters. The van der Waals surface area contributed by atoms with Gasteiger partial charge in [0.15, 0.2) is 0 Å². The molecule has 1 aliphatic heterocycles. The van der Waals surface area contributed by atoms with E-state index in [1.165, 1.54) is 28.9 Å². The van der Waals surface area contributed by atoms with Crippen molar-refractivity contribution in [1.82, 2.24) is 10.2 Å². The summed E-state index contributed by atoms with van der Waals surface area (Å²) in [5.74, 6) is 0.841. The molecule has 1 unspecified atom stereocenters. The number of hydrogen-bond acceptors (Lipinski definition) is 3. The van der Waals surface area contributed by atoms with Gasteiger partial charge in [-0.15, -0.1) is 11.3 Å². The van der Waals surface area contributed by atoms with Crippen LogP contribution < -0.4 is 5.32 Å². The summed E-state index contributed by atoms with van der Waals surface area (Å²) in [4.78, 5) is 4.01. The lowest BCUT2D eigenvalue weighted by molar-refractivity contribution is 0.318. The van der Waals surface area contributed by atoms with Gasteiger partial charge >= 0.3 is 0 Å². The van der Waals surface area contributed by atoms with E-state index in [2.05, 4.69) is 37.6 Å². The number of likely N-dealkylation sites (tertiary alicyclic amines) is 1. The topological polar surface area (TPSA) is 15.3 Å². The second kappa shape index (κ2) is 5.43. The first kappa shape index (κ1) is 11.6. The summed E-state index contributed by atoms with van der Waals surface area (Å²) in [6.07, 6.45) is 1.34. The van der Waals surface area contributed by atoms with Crippen molar-refractivity contribution in [2.75, 3.05) is 26.7 Å². The molecule has 0 saturated carbocycles. The number of rotatable bonds is 4. The first-order valence-electron chi connectivity index (χ1n) is 5.38. The SMILES string of the molecule is CNCC1CCN(Cc2sccc2Br)C1. The third-order valence-corrected chi connectivity index (χ3v) is 4.83. The van der Waals surface area contributed by atoms with Crippen LogP contribution in [0.4, 0.5) is 0 Å². The number of nitrogens with one attached hydrogen (secondary N) is 1. The van der Waals surface area contributed by atoms with Crippen molar-refractivity contribution in [3.8, 4) is 0 Å². The van der Waals surface area contributed by atoms with Gasteiger partial charge in [-0.3, -0.25) is 4.90 Å². The fourth-order valence-electron chi connectivity index (χ4n) is 2.15. The van der Waals surface area contributed by atoms with Gasteiger partial charge in [0.1, 0.15) is 0 Å². The average molecular weight is 289 g/mol. The molecule has 1 aromatic heterocycles. The zero-order valence-electron chi connectivity index (χ0n) is 9.00. The van der Waals surface area contributed by atoms with Gasteiger partial charge in [0.05, 0.1) is 0 Å². The van der Waals surface area contributed by atoms with Crippen molar-refractivity contribution in [3.63, 3.8) is 0 Å². The van der Waals surface area contributed by atoms with E-state index in [1.807, 2.05) is 18.4 Å². The predicted octanol–water partition coefficient (Wildman–Crippen LogP) is 2.55. The van der Waals surface area contributed by atoms with Crippen LogP contribution >= 0.6 is 27.3 Å². The molecule has 4 heteroatoms. The van der Waals surface area contributed by atoms with Crippen molar-refractivity contribution in [3.05, 3.63) is 20.8 Å². The van der Waals surface area contributed by atoms with Crippen LogP contribution in [0.25, 0.3) is 0 Å². The highest BCUT2D eigenvalue weighted by atomic mass is 79.9. The molecule has 1 aliphatic rings.